The van der Waals surface area contributed by atoms with E-state index in [1.165, 1.54) is 0 Å². The summed E-state index contributed by atoms with van der Waals surface area (Å²) < 4.78 is 5.78. The highest BCUT2D eigenvalue weighted by atomic mass is 16.5. The Balaban J connectivity index is 1.82. The standard InChI is InChI=1S/C17H15NO3/c1-11-4-2-3-5-16(11)21-10-14-9-13-8-12(17(19)20)6-7-15(13)18-14/h2-9,18H,10H2,1H3,(H,19,20). The first kappa shape index (κ1) is 13.2. The number of aromatic carboxylic acids is 1. The van der Waals surface area contributed by atoms with Gasteiger partial charge in [-0.2, -0.15) is 0 Å². The number of nitrogens with one attached hydrogen (secondary N) is 1. The third kappa shape index (κ3) is 2.74. The molecule has 0 fully saturated rings. The highest BCUT2D eigenvalue weighted by Crippen LogP contribution is 2.21. The first-order chi connectivity index (χ1) is 10.1. The summed E-state index contributed by atoms with van der Waals surface area (Å²) in [5.41, 5.74) is 3.19. The quantitative estimate of drug-likeness (QED) is 0.765. The number of hydrogen-bond acceptors (Lipinski definition) is 2. The van der Waals surface area contributed by atoms with Gasteiger partial charge in [0.25, 0.3) is 0 Å². The van der Waals surface area contributed by atoms with E-state index < -0.39 is 5.97 Å². The van der Waals surface area contributed by atoms with Crippen LogP contribution in [0.3, 0.4) is 0 Å². The molecule has 0 spiro atoms. The predicted octanol–water partition coefficient (Wildman–Crippen LogP) is 3.75. The van der Waals surface area contributed by atoms with Gasteiger partial charge in [0.15, 0.2) is 0 Å². The lowest BCUT2D eigenvalue weighted by molar-refractivity contribution is 0.0697. The van der Waals surface area contributed by atoms with Crippen molar-refractivity contribution in [1.82, 2.24) is 4.98 Å². The van der Waals surface area contributed by atoms with Crippen molar-refractivity contribution in [3.63, 3.8) is 0 Å². The van der Waals surface area contributed by atoms with E-state index in [0.717, 1.165) is 27.9 Å². The van der Waals surface area contributed by atoms with Gasteiger partial charge in [0, 0.05) is 10.9 Å². The number of aromatic amines is 1. The number of aryl methyl sites for hydroxylation is 1. The molecule has 1 aromatic heterocycles. The minimum atomic E-state index is -0.921. The van der Waals surface area contributed by atoms with Gasteiger partial charge in [-0.3, -0.25) is 0 Å². The highest BCUT2D eigenvalue weighted by Gasteiger charge is 2.07. The average molecular weight is 281 g/mol. The molecule has 0 radical (unpaired) electrons. The molecular formula is C17H15NO3. The topological polar surface area (TPSA) is 62.3 Å². The van der Waals surface area contributed by atoms with E-state index in [4.69, 9.17) is 9.84 Å². The van der Waals surface area contributed by atoms with Crippen LogP contribution in [-0.4, -0.2) is 16.1 Å². The second-order valence-electron chi connectivity index (χ2n) is 4.96. The third-order valence-electron chi connectivity index (χ3n) is 3.40. The summed E-state index contributed by atoms with van der Waals surface area (Å²) >= 11 is 0. The molecule has 4 heteroatoms. The first-order valence-corrected chi connectivity index (χ1v) is 6.67. The highest BCUT2D eigenvalue weighted by molar-refractivity contribution is 5.93. The lowest BCUT2D eigenvalue weighted by Gasteiger charge is -2.07. The predicted molar refractivity (Wildman–Crippen MR) is 80.8 cm³/mol. The zero-order valence-corrected chi connectivity index (χ0v) is 11.6. The minimum absolute atomic E-state index is 0.285. The molecule has 3 aromatic rings. The second-order valence-corrected chi connectivity index (χ2v) is 4.96. The summed E-state index contributed by atoms with van der Waals surface area (Å²) in [5, 5.41) is 9.87. The Hall–Kier alpha value is -2.75. The largest absolute Gasteiger partial charge is 0.487 e. The monoisotopic (exact) mass is 281 g/mol. The van der Waals surface area contributed by atoms with Crippen molar-refractivity contribution in [2.45, 2.75) is 13.5 Å². The van der Waals surface area contributed by atoms with Crippen LogP contribution in [0.15, 0.2) is 48.5 Å². The van der Waals surface area contributed by atoms with Crippen molar-refractivity contribution in [2.75, 3.05) is 0 Å². The van der Waals surface area contributed by atoms with Crippen LogP contribution in [0.4, 0.5) is 0 Å². The molecule has 4 nitrogen and oxygen atoms in total. The number of benzene rings is 2. The van der Waals surface area contributed by atoms with Gasteiger partial charge in [-0.15, -0.1) is 0 Å². The molecule has 1 heterocycles. The minimum Gasteiger partial charge on any atom is -0.487 e. The van der Waals surface area contributed by atoms with Gasteiger partial charge < -0.3 is 14.8 Å². The summed E-state index contributed by atoms with van der Waals surface area (Å²) in [6, 6.07) is 14.8. The summed E-state index contributed by atoms with van der Waals surface area (Å²) in [6.45, 7) is 2.42. The number of H-pyrrole nitrogens is 1. The van der Waals surface area contributed by atoms with Gasteiger partial charge >= 0.3 is 5.97 Å². The van der Waals surface area contributed by atoms with Crippen molar-refractivity contribution in [3.8, 4) is 5.75 Å². The Kier molecular flexibility index (Phi) is 3.36. The molecule has 0 saturated heterocycles. The van der Waals surface area contributed by atoms with E-state index in [9.17, 15) is 4.79 Å². The molecule has 0 unspecified atom stereocenters. The lowest BCUT2D eigenvalue weighted by Crippen LogP contribution is -1.96. The Morgan fingerprint density at radius 2 is 2.00 bits per heavy atom. The summed E-state index contributed by atoms with van der Waals surface area (Å²) in [7, 11) is 0. The van der Waals surface area contributed by atoms with E-state index in [0.29, 0.717) is 6.61 Å². The van der Waals surface area contributed by atoms with E-state index >= 15 is 0 Å². The van der Waals surface area contributed by atoms with Gasteiger partial charge in [0.05, 0.1) is 11.3 Å². The van der Waals surface area contributed by atoms with Crippen LogP contribution in [0.5, 0.6) is 5.75 Å². The average Bonchev–Trinajstić information content (AvgIpc) is 2.88. The van der Waals surface area contributed by atoms with E-state index in [2.05, 4.69) is 4.98 Å². The lowest BCUT2D eigenvalue weighted by atomic mass is 10.1. The normalized spacial score (nSPS) is 10.7. The zero-order chi connectivity index (χ0) is 14.8. The molecule has 0 atom stereocenters. The zero-order valence-electron chi connectivity index (χ0n) is 11.6. The van der Waals surface area contributed by atoms with E-state index in [1.54, 1.807) is 18.2 Å². The Bertz CT molecular complexity index is 805. The van der Waals surface area contributed by atoms with Gasteiger partial charge in [0.1, 0.15) is 12.4 Å². The molecule has 0 amide bonds. The Labute approximate surface area is 122 Å². The summed E-state index contributed by atoms with van der Waals surface area (Å²) in [4.78, 5) is 14.2. The fraction of sp³-hybridized carbons (Fsp3) is 0.118. The summed E-state index contributed by atoms with van der Waals surface area (Å²) in [6.07, 6.45) is 0. The van der Waals surface area contributed by atoms with E-state index in [-0.39, 0.29) is 5.56 Å². The molecule has 3 rings (SSSR count). The Morgan fingerprint density at radius 3 is 2.76 bits per heavy atom. The van der Waals surface area contributed by atoms with E-state index in [1.807, 2.05) is 37.3 Å². The molecule has 2 aromatic carbocycles. The smallest absolute Gasteiger partial charge is 0.335 e. The molecular weight excluding hydrogens is 266 g/mol. The van der Waals surface area contributed by atoms with Crippen molar-refractivity contribution < 1.29 is 14.6 Å². The molecule has 0 bridgehead atoms. The maximum atomic E-state index is 11.0. The molecule has 2 N–H and O–H groups in total. The second kappa shape index (κ2) is 5.32. The number of ether oxygens (including phenoxy) is 1. The number of hydrogen-bond donors (Lipinski definition) is 2. The van der Waals surface area contributed by atoms with Crippen LogP contribution >= 0.6 is 0 Å². The van der Waals surface area contributed by atoms with Crippen LogP contribution in [0, 0.1) is 6.92 Å². The van der Waals surface area contributed by atoms with Crippen molar-refractivity contribution in [1.29, 1.82) is 0 Å². The fourth-order valence-electron chi connectivity index (χ4n) is 2.28. The van der Waals surface area contributed by atoms with Crippen molar-refractivity contribution >= 4 is 16.9 Å². The van der Waals surface area contributed by atoms with Gasteiger partial charge in [-0.05, 0) is 42.8 Å². The number of aromatic nitrogens is 1. The number of fused-ring (bicyclic) bond motifs is 1. The Morgan fingerprint density at radius 1 is 1.19 bits per heavy atom. The van der Waals surface area contributed by atoms with Gasteiger partial charge in [-0.1, -0.05) is 18.2 Å². The molecule has 0 aliphatic rings. The summed E-state index contributed by atoms with van der Waals surface area (Å²) in [5.74, 6) is -0.0711. The number of para-hydroxylation sites is 1. The van der Waals surface area contributed by atoms with Crippen LogP contribution in [0.25, 0.3) is 10.9 Å². The van der Waals surface area contributed by atoms with Crippen LogP contribution in [0.2, 0.25) is 0 Å². The maximum Gasteiger partial charge on any atom is 0.335 e. The molecule has 0 aliphatic carbocycles. The molecule has 106 valence electrons. The number of rotatable bonds is 4. The van der Waals surface area contributed by atoms with Crippen LogP contribution in [0.1, 0.15) is 21.6 Å². The third-order valence-corrected chi connectivity index (χ3v) is 3.40. The SMILES string of the molecule is Cc1ccccc1OCc1cc2cc(C(=O)O)ccc2[nH]1. The van der Waals surface area contributed by atoms with Crippen LogP contribution in [-0.2, 0) is 6.61 Å². The number of carboxylic acid groups (broad SMARTS) is 1. The molecule has 0 saturated carbocycles. The van der Waals surface area contributed by atoms with Crippen molar-refractivity contribution in [3.05, 3.63) is 65.4 Å². The van der Waals surface area contributed by atoms with Crippen LogP contribution < -0.4 is 4.74 Å². The van der Waals surface area contributed by atoms with Crippen molar-refractivity contribution in [2.24, 2.45) is 0 Å². The molecule has 21 heavy (non-hydrogen) atoms. The van der Waals surface area contributed by atoms with Gasteiger partial charge in [0.2, 0.25) is 0 Å². The molecule has 0 aliphatic heterocycles. The fourth-order valence-corrected chi connectivity index (χ4v) is 2.28. The first-order valence-electron chi connectivity index (χ1n) is 6.67. The van der Waals surface area contributed by atoms with Gasteiger partial charge in [-0.25, -0.2) is 4.79 Å². The number of carboxylic acids is 1. The maximum absolute atomic E-state index is 11.0. The number of carbonyl (C=O) groups is 1.